The van der Waals surface area contributed by atoms with Crippen LogP contribution in [0.4, 0.5) is 0 Å². The monoisotopic (exact) mass is 134 g/mol. The van der Waals surface area contributed by atoms with Gasteiger partial charge in [-0.05, 0) is 12.0 Å². The highest BCUT2D eigenvalue weighted by atomic mass is 16.1. The molecule has 3 nitrogen and oxygen atoms in total. The van der Waals surface area contributed by atoms with Crippen LogP contribution in [0.25, 0.3) is 0 Å². The Balaban J connectivity index is 3.08. The summed E-state index contributed by atoms with van der Waals surface area (Å²) in [5.74, 6) is 1.68. The maximum atomic E-state index is 10.8. The fourth-order valence-corrected chi connectivity index (χ4v) is 0.671. The van der Waals surface area contributed by atoms with Crippen molar-refractivity contribution in [2.24, 2.45) is 7.05 Å². The van der Waals surface area contributed by atoms with Crippen molar-refractivity contribution in [1.82, 2.24) is 9.78 Å². The number of terminal acetylenes is 1. The van der Waals surface area contributed by atoms with Crippen LogP contribution in [0.15, 0.2) is 12.3 Å². The number of nitrogens with zero attached hydrogens (tertiary/aromatic N) is 2. The molecule has 50 valence electrons. The molecule has 0 fully saturated rings. The van der Waals surface area contributed by atoms with Crippen molar-refractivity contribution in [3.8, 4) is 12.3 Å². The molecule has 10 heavy (non-hydrogen) atoms. The number of Topliss-reactive ketones (excluding diaryl/α,β-unsaturated/α-hetero) is 1. The molecule has 0 amide bonds. The van der Waals surface area contributed by atoms with Crippen LogP contribution in [0.3, 0.4) is 0 Å². The maximum Gasteiger partial charge on any atom is 0.253 e. The molecular formula is C7H6N2O. The minimum absolute atomic E-state index is 0.333. The molecule has 1 aromatic heterocycles. The molecule has 0 saturated carbocycles. The molecule has 0 aromatic carbocycles. The molecule has 0 bridgehead atoms. The van der Waals surface area contributed by atoms with Gasteiger partial charge in [-0.25, -0.2) is 0 Å². The van der Waals surface area contributed by atoms with Crippen molar-refractivity contribution < 1.29 is 4.79 Å². The minimum Gasteiger partial charge on any atom is -0.277 e. The number of hydrogen-bond donors (Lipinski definition) is 0. The van der Waals surface area contributed by atoms with Gasteiger partial charge in [0.2, 0.25) is 0 Å². The van der Waals surface area contributed by atoms with E-state index in [2.05, 4.69) is 5.10 Å². The molecule has 1 rings (SSSR count). The zero-order chi connectivity index (χ0) is 7.56. The first-order chi connectivity index (χ1) is 4.75. The third kappa shape index (κ3) is 0.914. The molecule has 1 heterocycles. The minimum atomic E-state index is -0.333. The summed E-state index contributed by atoms with van der Waals surface area (Å²) in [4.78, 5) is 10.8. The summed E-state index contributed by atoms with van der Waals surface area (Å²) in [6.07, 6.45) is 6.42. The predicted octanol–water partition coefficient (Wildman–Crippen LogP) is 0.236. The van der Waals surface area contributed by atoms with Crippen LogP contribution in [-0.4, -0.2) is 15.6 Å². The number of carbonyl (C=O) groups is 1. The number of rotatable bonds is 1. The van der Waals surface area contributed by atoms with Gasteiger partial charge in [0.15, 0.2) is 0 Å². The van der Waals surface area contributed by atoms with Gasteiger partial charge in [-0.1, -0.05) is 0 Å². The maximum absolute atomic E-state index is 10.8. The third-order valence-electron chi connectivity index (χ3n) is 1.18. The molecule has 0 spiro atoms. The van der Waals surface area contributed by atoms with Gasteiger partial charge in [-0.3, -0.25) is 9.48 Å². The molecule has 3 heteroatoms. The van der Waals surface area contributed by atoms with Crippen molar-refractivity contribution in [3.63, 3.8) is 0 Å². The quantitative estimate of drug-likeness (QED) is 0.313. The smallest absolute Gasteiger partial charge is 0.253 e. The fraction of sp³-hybridized carbons (Fsp3) is 0.143. The van der Waals surface area contributed by atoms with E-state index in [9.17, 15) is 4.79 Å². The first-order valence-corrected chi connectivity index (χ1v) is 2.74. The largest absolute Gasteiger partial charge is 0.277 e. The van der Waals surface area contributed by atoms with Crippen LogP contribution in [-0.2, 0) is 7.05 Å². The molecule has 0 atom stereocenters. The zero-order valence-corrected chi connectivity index (χ0v) is 5.53. The van der Waals surface area contributed by atoms with Gasteiger partial charge >= 0.3 is 0 Å². The van der Waals surface area contributed by atoms with Crippen molar-refractivity contribution in [1.29, 1.82) is 0 Å². The number of aromatic nitrogens is 2. The molecule has 0 N–H and O–H groups in total. The Morgan fingerprint density at radius 1 is 1.90 bits per heavy atom. The van der Waals surface area contributed by atoms with Crippen molar-refractivity contribution >= 4 is 5.78 Å². The van der Waals surface area contributed by atoms with E-state index in [0.29, 0.717) is 5.69 Å². The molecule has 0 aliphatic carbocycles. The van der Waals surface area contributed by atoms with Crippen LogP contribution >= 0.6 is 0 Å². The Morgan fingerprint density at radius 3 is 3.00 bits per heavy atom. The summed E-state index contributed by atoms with van der Waals surface area (Å²) in [5, 5.41) is 3.79. The lowest BCUT2D eigenvalue weighted by Crippen LogP contribution is -2.03. The van der Waals surface area contributed by atoms with Crippen molar-refractivity contribution in [2.75, 3.05) is 0 Å². The topological polar surface area (TPSA) is 34.9 Å². The molecule has 0 unspecified atom stereocenters. The Hall–Kier alpha value is -1.56. The lowest BCUT2D eigenvalue weighted by Gasteiger charge is -1.91. The van der Waals surface area contributed by atoms with Gasteiger partial charge in [0.05, 0.1) is 0 Å². The van der Waals surface area contributed by atoms with Crippen LogP contribution in [0, 0.1) is 12.3 Å². The highest BCUT2D eigenvalue weighted by Gasteiger charge is 2.04. The zero-order valence-electron chi connectivity index (χ0n) is 5.53. The van der Waals surface area contributed by atoms with Crippen molar-refractivity contribution in [2.45, 2.75) is 0 Å². The average Bonchev–Trinajstić information content (AvgIpc) is 2.34. The molecule has 0 aliphatic rings. The summed E-state index contributed by atoms with van der Waals surface area (Å²) in [6.45, 7) is 0. The Kier molecular flexibility index (Phi) is 1.55. The van der Waals surface area contributed by atoms with Gasteiger partial charge in [0.25, 0.3) is 5.78 Å². The van der Waals surface area contributed by atoms with Crippen LogP contribution < -0.4 is 0 Å². The second-order valence-electron chi connectivity index (χ2n) is 1.81. The highest BCUT2D eigenvalue weighted by Crippen LogP contribution is 1.95. The van der Waals surface area contributed by atoms with E-state index in [1.807, 2.05) is 5.92 Å². The first-order valence-electron chi connectivity index (χ1n) is 2.74. The average molecular weight is 134 g/mol. The third-order valence-corrected chi connectivity index (χ3v) is 1.18. The molecule has 0 radical (unpaired) electrons. The fourth-order valence-electron chi connectivity index (χ4n) is 0.671. The van der Waals surface area contributed by atoms with Gasteiger partial charge in [0, 0.05) is 13.2 Å². The number of ketones is 1. The Bertz CT molecular complexity index is 293. The summed E-state index contributed by atoms with van der Waals surface area (Å²) in [6, 6.07) is 1.59. The second kappa shape index (κ2) is 2.36. The van der Waals surface area contributed by atoms with Gasteiger partial charge in [-0.2, -0.15) is 5.10 Å². The van der Waals surface area contributed by atoms with E-state index >= 15 is 0 Å². The van der Waals surface area contributed by atoms with Crippen LogP contribution in [0.1, 0.15) is 10.5 Å². The molecule has 1 aromatic rings. The lowest BCUT2D eigenvalue weighted by atomic mass is 10.3. The van der Waals surface area contributed by atoms with Gasteiger partial charge in [-0.15, -0.1) is 6.42 Å². The molecule has 0 saturated heterocycles. The van der Waals surface area contributed by atoms with Crippen LogP contribution in [0.2, 0.25) is 0 Å². The normalized spacial score (nSPS) is 8.80. The second-order valence-corrected chi connectivity index (χ2v) is 1.81. The molecular weight excluding hydrogens is 128 g/mol. The summed E-state index contributed by atoms with van der Waals surface area (Å²) < 4.78 is 1.45. The van der Waals surface area contributed by atoms with E-state index in [-0.39, 0.29) is 5.78 Å². The van der Waals surface area contributed by atoms with Gasteiger partial charge < -0.3 is 0 Å². The van der Waals surface area contributed by atoms with Crippen molar-refractivity contribution in [3.05, 3.63) is 18.0 Å². The van der Waals surface area contributed by atoms with Gasteiger partial charge in [0.1, 0.15) is 5.69 Å². The summed E-state index contributed by atoms with van der Waals surface area (Å²) >= 11 is 0. The van der Waals surface area contributed by atoms with E-state index in [1.54, 1.807) is 13.1 Å². The predicted molar refractivity (Wildman–Crippen MR) is 36.4 cm³/mol. The number of carbonyl (C=O) groups excluding carboxylic acids is 1. The van der Waals surface area contributed by atoms with E-state index in [4.69, 9.17) is 6.42 Å². The van der Waals surface area contributed by atoms with Crippen LogP contribution in [0.5, 0.6) is 0 Å². The Labute approximate surface area is 58.7 Å². The standard InChI is InChI=1S/C7H6N2O/c1-3-7(10)6-4-5-8-9(6)2/h1,4-5H,2H3. The first kappa shape index (κ1) is 6.56. The SMILES string of the molecule is C#CC(=O)c1ccnn1C. The van der Waals surface area contributed by atoms with E-state index in [1.165, 1.54) is 10.9 Å². The summed E-state index contributed by atoms with van der Waals surface area (Å²) in [7, 11) is 1.67. The number of aryl methyl sites for hydroxylation is 1. The Morgan fingerprint density at radius 2 is 2.60 bits per heavy atom. The van der Waals surface area contributed by atoms with E-state index < -0.39 is 0 Å². The molecule has 0 aliphatic heterocycles. The summed E-state index contributed by atoms with van der Waals surface area (Å²) in [5.41, 5.74) is 0.447. The van der Waals surface area contributed by atoms with E-state index in [0.717, 1.165) is 0 Å². The lowest BCUT2D eigenvalue weighted by molar-refractivity contribution is 0.104. The highest BCUT2D eigenvalue weighted by molar-refractivity contribution is 6.07. The number of hydrogen-bond acceptors (Lipinski definition) is 2.